The number of nitrogens with two attached hydrogens (primary N) is 1. The van der Waals surface area contributed by atoms with E-state index in [0.717, 1.165) is 18.4 Å². The van der Waals surface area contributed by atoms with Gasteiger partial charge in [0.15, 0.2) is 0 Å². The maximum absolute atomic E-state index is 11.9. The Balaban J connectivity index is 2.55. The second-order valence-corrected chi connectivity index (χ2v) is 4.78. The fraction of sp³-hybridized carbons (Fsp3) is 0.571. The van der Waals surface area contributed by atoms with E-state index in [9.17, 15) is 9.59 Å². The summed E-state index contributed by atoms with van der Waals surface area (Å²) in [6, 6.07) is -1.70. The molecule has 0 heterocycles. The number of hydrogen-bond donors (Lipinski definition) is 4. The van der Waals surface area contributed by atoms with Crippen LogP contribution < -0.4 is 16.4 Å². The highest BCUT2D eigenvalue weighted by molar-refractivity contribution is 5.87. The lowest BCUT2D eigenvalue weighted by Gasteiger charge is -2.24. The number of carbonyl (C=O) groups is 2. The van der Waals surface area contributed by atoms with Crippen molar-refractivity contribution in [2.75, 3.05) is 19.8 Å². The lowest BCUT2D eigenvalue weighted by Crippen LogP contribution is -2.54. The molecule has 1 rings (SSSR count). The van der Waals surface area contributed by atoms with Crippen LogP contribution in [0, 0.1) is 0 Å². The Morgan fingerprint density at radius 2 is 2.24 bits per heavy atom. The second kappa shape index (κ2) is 9.15. The summed E-state index contributed by atoms with van der Waals surface area (Å²) in [7, 11) is 0. The number of rotatable bonds is 8. The number of carbonyl (C=O) groups excluding carboxylic acids is 2. The fourth-order valence-electron chi connectivity index (χ4n) is 1.94. The molecule has 1 aliphatic rings. The second-order valence-electron chi connectivity index (χ2n) is 4.78. The van der Waals surface area contributed by atoms with Crippen LogP contribution in [0.15, 0.2) is 23.8 Å². The van der Waals surface area contributed by atoms with Crippen molar-refractivity contribution in [3.05, 3.63) is 23.8 Å². The Hall–Kier alpha value is -1.86. The lowest BCUT2D eigenvalue weighted by molar-refractivity contribution is -0.126. The number of aliphatic hydroxyl groups excluding tert-OH is 1. The first-order chi connectivity index (χ1) is 10.0. The number of amides is 3. The molecule has 0 bridgehead atoms. The number of ether oxygens (including phenoxy) is 1. The average Bonchev–Trinajstić information content (AvgIpc) is 2.48. The van der Waals surface area contributed by atoms with Gasteiger partial charge in [0.1, 0.15) is 6.04 Å². The highest BCUT2D eigenvalue weighted by atomic mass is 16.5. The van der Waals surface area contributed by atoms with Gasteiger partial charge in [-0.25, -0.2) is 4.79 Å². The molecular formula is C14H23N3O4. The van der Waals surface area contributed by atoms with Gasteiger partial charge in [-0.1, -0.05) is 18.2 Å². The van der Waals surface area contributed by atoms with Crippen LogP contribution >= 0.6 is 0 Å². The molecule has 0 saturated carbocycles. The highest BCUT2D eigenvalue weighted by Gasteiger charge is 2.26. The summed E-state index contributed by atoms with van der Waals surface area (Å²) in [6.45, 7) is 1.98. The van der Waals surface area contributed by atoms with Gasteiger partial charge in [-0.05, 0) is 25.3 Å². The van der Waals surface area contributed by atoms with E-state index < -0.39 is 24.1 Å². The van der Waals surface area contributed by atoms with Gasteiger partial charge in [-0.15, -0.1) is 0 Å². The normalized spacial score (nSPS) is 16.8. The Morgan fingerprint density at radius 3 is 2.81 bits per heavy atom. The SMILES string of the molecule is CC(OCC1=CCCC=C1)C(NC(N)=O)C(=O)NCCO. The van der Waals surface area contributed by atoms with Crippen molar-refractivity contribution in [2.24, 2.45) is 5.73 Å². The Morgan fingerprint density at radius 1 is 1.48 bits per heavy atom. The predicted molar refractivity (Wildman–Crippen MR) is 78.5 cm³/mol. The van der Waals surface area contributed by atoms with Crippen molar-refractivity contribution < 1.29 is 19.4 Å². The maximum atomic E-state index is 11.9. The highest BCUT2D eigenvalue weighted by Crippen LogP contribution is 2.11. The van der Waals surface area contributed by atoms with Gasteiger partial charge in [0.05, 0.1) is 19.3 Å². The minimum atomic E-state index is -0.901. The van der Waals surface area contributed by atoms with Gasteiger partial charge in [-0.3, -0.25) is 4.79 Å². The molecule has 7 heteroatoms. The van der Waals surface area contributed by atoms with Crippen LogP contribution in [0.5, 0.6) is 0 Å². The number of primary amides is 1. The van der Waals surface area contributed by atoms with Crippen LogP contribution in [0.2, 0.25) is 0 Å². The monoisotopic (exact) mass is 297 g/mol. The molecule has 118 valence electrons. The molecule has 0 aromatic rings. The largest absolute Gasteiger partial charge is 0.395 e. The molecule has 7 nitrogen and oxygen atoms in total. The number of hydrogen-bond acceptors (Lipinski definition) is 4. The minimum absolute atomic E-state index is 0.108. The zero-order valence-corrected chi connectivity index (χ0v) is 12.2. The van der Waals surface area contributed by atoms with Crippen LogP contribution in [-0.4, -0.2) is 48.9 Å². The summed E-state index contributed by atoms with van der Waals surface area (Å²) in [6.07, 6.45) is 7.58. The van der Waals surface area contributed by atoms with Crippen molar-refractivity contribution in [3.8, 4) is 0 Å². The van der Waals surface area contributed by atoms with Crippen LogP contribution in [0.25, 0.3) is 0 Å². The first-order valence-electron chi connectivity index (χ1n) is 6.96. The summed E-state index contributed by atoms with van der Waals surface area (Å²) >= 11 is 0. The molecule has 0 spiro atoms. The molecular weight excluding hydrogens is 274 g/mol. The zero-order valence-electron chi connectivity index (χ0n) is 12.2. The van der Waals surface area contributed by atoms with E-state index in [4.69, 9.17) is 15.6 Å². The van der Waals surface area contributed by atoms with E-state index in [0.29, 0.717) is 6.61 Å². The van der Waals surface area contributed by atoms with Gasteiger partial charge in [-0.2, -0.15) is 0 Å². The third-order valence-electron chi connectivity index (χ3n) is 3.05. The molecule has 0 aliphatic heterocycles. The third-order valence-corrected chi connectivity index (χ3v) is 3.05. The standard InChI is InChI=1S/C14H23N3O4/c1-10(21-9-11-5-3-2-4-6-11)12(17-14(15)20)13(19)16-7-8-18/h3,5-6,10,12,18H,2,4,7-9H2,1H3,(H,16,19)(H3,15,17,20). The van der Waals surface area contributed by atoms with Crippen molar-refractivity contribution in [3.63, 3.8) is 0 Å². The molecule has 2 unspecified atom stereocenters. The van der Waals surface area contributed by atoms with Gasteiger partial charge < -0.3 is 26.2 Å². The van der Waals surface area contributed by atoms with Crippen molar-refractivity contribution >= 4 is 11.9 Å². The summed E-state index contributed by atoms with van der Waals surface area (Å²) in [5.41, 5.74) is 6.12. The molecule has 1 aliphatic carbocycles. The van der Waals surface area contributed by atoms with E-state index in [1.807, 2.05) is 6.08 Å². The van der Waals surface area contributed by atoms with Gasteiger partial charge in [0.25, 0.3) is 0 Å². The first kappa shape index (κ1) is 17.2. The molecule has 3 amide bonds. The number of aliphatic hydroxyl groups is 1. The molecule has 0 aromatic carbocycles. The van der Waals surface area contributed by atoms with Crippen LogP contribution in [0.3, 0.4) is 0 Å². The van der Waals surface area contributed by atoms with E-state index in [1.165, 1.54) is 0 Å². The van der Waals surface area contributed by atoms with E-state index in [2.05, 4.69) is 22.8 Å². The Kier molecular flexibility index (Phi) is 7.49. The van der Waals surface area contributed by atoms with Crippen molar-refractivity contribution in [1.82, 2.24) is 10.6 Å². The van der Waals surface area contributed by atoms with Gasteiger partial charge >= 0.3 is 6.03 Å². The van der Waals surface area contributed by atoms with Crippen molar-refractivity contribution in [1.29, 1.82) is 0 Å². The van der Waals surface area contributed by atoms with Crippen LogP contribution in [0.1, 0.15) is 19.8 Å². The molecule has 0 aromatic heterocycles. The predicted octanol–water partition coefficient (Wildman–Crippen LogP) is -0.187. The van der Waals surface area contributed by atoms with Crippen molar-refractivity contribution in [2.45, 2.75) is 31.9 Å². The Bertz CT molecular complexity index is 420. The maximum Gasteiger partial charge on any atom is 0.312 e. The lowest BCUT2D eigenvalue weighted by atomic mass is 10.1. The minimum Gasteiger partial charge on any atom is -0.395 e. The van der Waals surface area contributed by atoms with Crippen LogP contribution in [-0.2, 0) is 9.53 Å². The topological polar surface area (TPSA) is 114 Å². The van der Waals surface area contributed by atoms with E-state index in [-0.39, 0.29) is 13.2 Å². The summed E-state index contributed by atoms with van der Waals surface area (Å²) in [5.74, 6) is -0.441. The fourth-order valence-corrected chi connectivity index (χ4v) is 1.94. The molecule has 0 saturated heterocycles. The van der Waals surface area contributed by atoms with E-state index >= 15 is 0 Å². The molecule has 21 heavy (non-hydrogen) atoms. The number of allylic oxidation sites excluding steroid dienone is 2. The quantitative estimate of drug-likeness (QED) is 0.497. The number of nitrogens with one attached hydrogen (secondary N) is 2. The number of urea groups is 1. The molecule has 2 atom stereocenters. The van der Waals surface area contributed by atoms with Crippen LogP contribution in [0.4, 0.5) is 4.79 Å². The summed E-state index contributed by atoms with van der Waals surface area (Å²) < 4.78 is 5.63. The van der Waals surface area contributed by atoms with E-state index in [1.54, 1.807) is 6.92 Å². The summed E-state index contributed by atoms with van der Waals surface area (Å²) in [5, 5.41) is 13.6. The van der Waals surface area contributed by atoms with Gasteiger partial charge in [0, 0.05) is 6.54 Å². The van der Waals surface area contributed by atoms with Gasteiger partial charge in [0.2, 0.25) is 5.91 Å². The Labute approximate surface area is 124 Å². The average molecular weight is 297 g/mol. The molecule has 0 fully saturated rings. The third kappa shape index (κ3) is 6.42. The zero-order chi connectivity index (χ0) is 15.7. The molecule has 0 radical (unpaired) electrons. The smallest absolute Gasteiger partial charge is 0.312 e. The molecule has 5 N–H and O–H groups in total. The first-order valence-corrected chi connectivity index (χ1v) is 6.96. The summed E-state index contributed by atoms with van der Waals surface area (Å²) in [4.78, 5) is 22.9.